The Balaban J connectivity index is 1.63. The van der Waals surface area contributed by atoms with Crippen LogP contribution in [0.25, 0.3) is 0 Å². The summed E-state index contributed by atoms with van der Waals surface area (Å²) in [6.45, 7) is 0.156. The minimum absolute atomic E-state index is 0.00691. The fourth-order valence-corrected chi connectivity index (χ4v) is 2.20. The van der Waals surface area contributed by atoms with Crippen molar-refractivity contribution in [1.82, 2.24) is 5.32 Å². The number of nitrogens with one attached hydrogen (secondary N) is 1. The average molecular weight is 261 g/mol. The molecule has 0 heterocycles. The van der Waals surface area contributed by atoms with E-state index in [2.05, 4.69) is 5.32 Å². The molecule has 2 rings (SSSR count). The highest BCUT2D eigenvalue weighted by atomic mass is 19.3. The van der Waals surface area contributed by atoms with Crippen molar-refractivity contribution in [3.8, 4) is 0 Å². The van der Waals surface area contributed by atoms with Crippen molar-refractivity contribution in [3.05, 3.63) is 0 Å². The number of ether oxygens (including phenoxy) is 1. The molecule has 1 N–H and O–H groups in total. The molecule has 6 heteroatoms. The van der Waals surface area contributed by atoms with Crippen molar-refractivity contribution < 1.29 is 23.1 Å². The number of hydrogen-bond donors (Lipinski definition) is 1. The van der Waals surface area contributed by atoms with E-state index in [9.17, 15) is 18.4 Å². The van der Waals surface area contributed by atoms with Gasteiger partial charge in [-0.2, -0.15) is 0 Å². The van der Waals surface area contributed by atoms with Gasteiger partial charge in [0.25, 0.3) is 0 Å². The Bertz CT molecular complexity index is 336. The molecule has 0 unspecified atom stereocenters. The molecule has 2 fully saturated rings. The number of alkyl halides is 2. The molecule has 0 aliphatic heterocycles. The third-order valence-corrected chi connectivity index (χ3v) is 3.65. The lowest BCUT2D eigenvalue weighted by Gasteiger charge is -2.28. The molecule has 0 aromatic heterocycles. The minimum Gasteiger partial charge on any atom is -0.449 e. The highest BCUT2D eigenvalue weighted by Gasteiger charge is 2.35. The third kappa shape index (κ3) is 3.40. The number of ketones is 1. The first-order valence-electron chi connectivity index (χ1n) is 6.30. The van der Waals surface area contributed by atoms with Gasteiger partial charge in [-0.15, -0.1) is 0 Å². The monoisotopic (exact) mass is 261 g/mol. The molecule has 102 valence electrons. The van der Waals surface area contributed by atoms with Crippen molar-refractivity contribution in [2.45, 2.75) is 50.5 Å². The van der Waals surface area contributed by atoms with Crippen molar-refractivity contribution in [1.29, 1.82) is 0 Å². The van der Waals surface area contributed by atoms with Crippen LogP contribution < -0.4 is 5.32 Å². The maximum Gasteiger partial charge on any atom is 0.407 e. The number of amides is 1. The summed E-state index contributed by atoms with van der Waals surface area (Å²) in [5.74, 6) is -2.53. The lowest BCUT2D eigenvalue weighted by atomic mass is 9.87. The number of carbonyl (C=O) groups is 2. The predicted molar refractivity (Wildman–Crippen MR) is 59.4 cm³/mol. The van der Waals surface area contributed by atoms with Gasteiger partial charge in [0.05, 0.1) is 12.6 Å². The Kier molecular flexibility index (Phi) is 3.82. The van der Waals surface area contributed by atoms with Crippen LogP contribution in [0.2, 0.25) is 0 Å². The van der Waals surface area contributed by atoms with Crippen molar-refractivity contribution >= 4 is 11.9 Å². The van der Waals surface area contributed by atoms with Gasteiger partial charge in [0.15, 0.2) is 5.78 Å². The van der Waals surface area contributed by atoms with Gasteiger partial charge in [-0.1, -0.05) is 0 Å². The van der Waals surface area contributed by atoms with Gasteiger partial charge < -0.3 is 10.1 Å². The lowest BCUT2D eigenvalue weighted by Crippen LogP contribution is -2.47. The Morgan fingerprint density at radius 3 is 2.50 bits per heavy atom. The molecule has 0 aromatic carbocycles. The molecule has 0 aromatic rings. The van der Waals surface area contributed by atoms with Crippen LogP contribution in [0.4, 0.5) is 13.6 Å². The maximum absolute atomic E-state index is 12.9. The van der Waals surface area contributed by atoms with Crippen LogP contribution in [0.1, 0.15) is 38.5 Å². The van der Waals surface area contributed by atoms with Crippen LogP contribution in [0, 0.1) is 5.92 Å². The lowest BCUT2D eigenvalue weighted by molar-refractivity contribution is -0.126. The van der Waals surface area contributed by atoms with E-state index in [0.717, 1.165) is 0 Å². The summed E-state index contributed by atoms with van der Waals surface area (Å²) in [6, 6.07) is -0.409. The second kappa shape index (κ2) is 5.20. The number of Topliss-reactive ketones (excluding diaryl/α,β-unsaturated/α-hetero) is 1. The van der Waals surface area contributed by atoms with E-state index in [0.29, 0.717) is 25.7 Å². The molecule has 18 heavy (non-hydrogen) atoms. The summed E-state index contributed by atoms with van der Waals surface area (Å²) in [4.78, 5) is 22.3. The maximum atomic E-state index is 12.9. The molecule has 0 radical (unpaired) electrons. The molecule has 2 aliphatic carbocycles. The zero-order valence-electron chi connectivity index (χ0n) is 10.1. The largest absolute Gasteiger partial charge is 0.449 e. The highest BCUT2D eigenvalue weighted by molar-refractivity contribution is 5.92. The van der Waals surface area contributed by atoms with Crippen LogP contribution in [-0.2, 0) is 9.53 Å². The number of hydrogen-bond acceptors (Lipinski definition) is 3. The van der Waals surface area contributed by atoms with Gasteiger partial charge in [0, 0.05) is 19.3 Å². The van der Waals surface area contributed by atoms with E-state index >= 15 is 0 Å². The molecule has 0 bridgehead atoms. The first-order chi connectivity index (χ1) is 8.46. The number of carbonyl (C=O) groups excluding carboxylic acids is 2. The molecular weight excluding hydrogens is 244 g/mol. The summed E-state index contributed by atoms with van der Waals surface area (Å²) in [5.41, 5.74) is 0. The van der Waals surface area contributed by atoms with E-state index in [1.54, 1.807) is 0 Å². The summed E-state index contributed by atoms with van der Waals surface area (Å²) in [5, 5.41) is 2.46. The standard InChI is InChI=1S/C12H17F2NO3/c13-12(14)5-3-8(4-6-12)7-18-11(17)15-9-1-2-10(9)16/h8-9H,1-7H2,(H,15,17)/t9-/m0/s1. The van der Waals surface area contributed by atoms with E-state index in [1.165, 1.54) is 0 Å². The van der Waals surface area contributed by atoms with Crippen LogP contribution in [-0.4, -0.2) is 30.4 Å². The Hall–Kier alpha value is -1.20. The second-order valence-electron chi connectivity index (χ2n) is 5.10. The molecular formula is C12H17F2NO3. The molecule has 1 atom stereocenters. The Morgan fingerprint density at radius 2 is 2.00 bits per heavy atom. The fourth-order valence-electron chi connectivity index (χ4n) is 2.20. The van der Waals surface area contributed by atoms with E-state index in [1.807, 2.05) is 0 Å². The number of alkyl carbamates (subject to hydrolysis) is 1. The van der Waals surface area contributed by atoms with Crippen LogP contribution in [0.5, 0.6) is 0 Å². The normalized spacial score (nSPS) is 27.4. The highest BCUT2D eigenvalue weighted by Crippen LogP contribution is 2.36. The Labute approximate surface area is 104 Å². The molecule has 2 saturated carbocycles. The van der Waals surface area contributed by atoms with Crippen molar-refractivity contribution in [2.75, 3.05) is 6.61 Å². The average Bonchev–Trinajstić information content (AvgIpc) is 2.33. The molecule has 2 aliphatic rings. The molecule has 4 nitrogen and oxygen atoms in total. The van der Waals surface area contributed by atoms with Gasteiger partial charge in [0.2, 0.25) is 5.92 Å². The van der Waals surface area contributed by atoms with Crippen LogP contribution >= 0.6 is 0 Å². The second-order valence-corrected chi connectivity index (χ2v) is 5.10. The minimum atomic E-state index is -2.56. The summed E-state index contributed by atoms with van der Waals surface area (Å²) < 4.78 is 30.7. The summed E-state index contributed by atoms with van der Waals surface area (Å²) in [6.07, 6.45) is 1.02. The van der Waals surface area contributed by atoms with E-state index in [4.69, 9.17) is 4.74 Å². The van der Waals surface area contributed by atoms with Gasteiger partial charge >= 0.3 is 6.09 Å². The van der Waals surface area contributed by atoms with Crippen molar-refractivity contribution in [2.24, 2.45) is 5.92 Å². The fraction of sp³-hybridized carbons (Fsp3) is 0.833. The summed E-state index contributed by atoms with van der Waals surface area (Å²) >= 11 is 0. The zero-order chi connectivity index (χ0) is 13.2. The smallest absolute Gasteiger partial charge is 0.407 e. The van der Waals surface area contributed by atoms with Gasteiger partial charge in [0.1, 0.15) is 0 Å². The Morgan fingerprint density at radius 1 is 1.33 bits per heavy atom. The van der Waals surface area contributed by atoms with Crippen LogP contribution in [0.15, 0.2) is 0 Å². The van der Waals surface area contributed by atoms with Crippen LogP contribution in [0.3, 0.4) is 0 Å². The molecule has 0 spiro atoms. The zero-order valence-corrected chi connectivity index (χ0v) is 10.1. The number of rotatable bonds is 3. The third-order valence-electron chi connectivity index (χ3n) is 3.65. The first kappa shape index (κ1) is 13.2. The number of halogens is 2. The predicted octanol–water partition coefficient (Wildman–Crippen LogP) is 2.27. The van der Waals surface area contributed by atoms with E-state index < -0.39 is 18.1 Å². The van der Waals surface area contributed by atoms with Gasteiger partial charge in [-0.05, 0) is 25.2 Å². The SMILES string of the molecule is O=C(N[C@H]1CCC1=O)OCC1CCC(F)(F)CC1. The molecule has 0 saturated heterocycles. The topological polar surface area (TPSA) is 55.4 Å². The quantitative estimate of drug-likeness (QED) is 0.847. The first-order valence-corrected chi connectivity index (χ1v) is 6.30. The van der Waals surface area contributed by atoms with Gasteiger partial charge in [-0.25, -0.2) is 13.6 Å². The summed E-state index contributed by atoms with van der Waals surface area (Å²) in [7, 11) is 0. The molecule has 1 amide bonds. The van der Waals surface area contributed by atoms with E-state index in [-0.39, 0.29) is 31.1 Å². The van der Waals surface area contributed by atoms with Gasteiger partial charge in [-0.3, -0.25) is 4.79 Å². The van der Waals surface area contributed by atoms with Crippen molar-refractivity contribution in [3.63, 3.8) is 0 Å².